The van der Waals surface area contributed by atoms with Gasteiger partial charge in [-0.15, -0.1) is 0 Å². The summed E-state index contributed by atoms with van der Waals surface area (Å²) in [6.45, 7) is 10.6. The van der Waals surface area contributed by atoms with Gasteiger partial charge in [0.25, 0.3) is 0 Å². The van der Waals surface area contributed by atoms with Gasteiger partial charge in [-0.25, -0.2) is 8.42 Å². The van der Waals surface area contributed by atoms with Crippen LogP contribution in [0.4, 0.5) is 5.69 Å². The Morgan fingerprint density at radius 3 is 2.14 bits per heavy atom. The van der Waals surface area contributed by atoms with Crippen molar-refractivity contribution >= 4 is 50.7 Å². The van der Waals surface area contributed by atoms with Gasteiger partial charge in [0.05, 0.1) is 22.0 Å². The zero-order chi connectivity index (χ0) is 27.4. The number of halogens is 2. The SMILES string of the molecule is CC(C)c1ccccc1N(CC(=O)N(Cc1ccc(Cl)c(Cl)c1)C(C)C(=O)NC(C)(C)C)S(C)(=O)=O. The number of hydrogen-bond acceptors (Lipinski definition) is 4. The lowest BCUT2D eigenvalue weighted by molar-refractivity contribution is -0.140. The van der Waals surface area contributed by atoms with Gasteiger partial charge in [-0.1, -0.05) is 61.3 Å². The average molecular weight is 557 g/mol. The summed E-state index contributed by atoms with van der Waals surface area (Å²) in [5.41, 5.74) is 1.37. The molecule has 0 aliphatic rings. The molecule has 0 bridgehead atoms. The fourth-order valence-electron chi connectivity index (χ4n) is 3.69. The van der Waals surface area contributed by atoms with Crippen LogP contribution in [0.1, 0.15) is 58.6 Å². The molecule has 0 aliphatic heterocycles. The molecule has 10 heteroatoms. The number of nitrogens with one attached hydrogen (secondary N) is 1. The van der Waals surface area contributed by atoms with Gasteiger partial charge >= 0.3 is 0 Å². The van der Waals surface area contributed by atoms with Crippen molar-refractivity contribution in [1.82, 2.24) is 10.2 Å². The first-order chi connectivity index (χ1) is 16.5. The third kappa shape index (κ3) is 8.11. The van der Waals surface area contributed by atoms with Crippen molar-refractivity contribution < 1.29 is 18.0 Å². The number of para-hydroxylation sites is 1. The van der Waals surface area contributed by atoms with Gasteiger partial charge in [0, 0.05) is 12.1 Å². The molecule has 0 aromatic heterocycles. The predicted octanol–water partition coefficient (Wildman–Crippen LogP) is 5.21. The van der Waals surface area contributed by atoms with Crippen LogP contribution < -0.4 is 9.62 Å². The van der Waals surface area contributed by atoms with E-state index in [2.05, 4.69) is 5.32 Å². The molecule has 2 aromatic carbocycles. The highest BCUT2D eigenvalue weighted by Crippen LogP contribution is 2.29. The van der Waals surface area contributed by atoms with Gasteiger partial charge in [0.1, 0.15) is 12.6 Å². The van der Waals surface area contributed by atoms with Crippen molar-refractivity contribution in [2.45, 2.75) is 65.6 Å². The Labute approximate surface area is 224 Å². The maximum atomic E-state index is 13.7. The Hall–Kier alpha value is -2.29. The summed E-state index contributed by atoms with van der Waals surface area (Å²) >= 11 is 12.2. The molecule has 7 nitrogen and oxygen atoms in total. The Balaban J connectivity index is 2.49. The number of hydrogen-bond donors (Lipinski definition) is 1. The van der Waals surface area contributed by atoms with Crippen LogP contribution in [0, 0.1) is 0 Å². The molecule has 2 amide bonds. The summed E-state index contributed by atoms with van der Waals surface area (Å²) in [5, 5.41) is 3.57. The summed E-state index contributed by atoms with van der Waals surface area (Å²) in [6.07, 6.45) is 1.07. The van der Waals surface area contributed by atoms with Crippen molar-refractivity contribution in [3.8, 4) is 0 Å². The van der Waals surface area contributed by atoms with E-state index in [4.69, 9.17) is 23.2 Å². The molecular weight excluding hydrogens is 521 g/mol. The molecule has 1 unspecified atom stereocenters. The van der Waals surface area contributed by atoms with Crippen molar-refractivity contribution in [1.29, 1.82) is 0 Å². The maximum absolute atomic E-state index is 13.7. The zero-order valence-electron chi connectivity index (χ0n) is 21.8. The molecule has 2 rings (SSSR count). The largest absolute Gasteiger partial charge is 0.350 e. The van der Waals surface area contributed by atoms with Crippen molar-refractivity contribution in [3.63, 3.8) is 0 Å². The van der Waals surface area contributed by atoms with E-state index < -0.39 is 34.1 Å². The van der Waals surface area contributed by atoms with Gasteiger partial charge in [0.2, 0.25) is 21.8 Å². The van der Waals surface area contributed by atoms with Crippen LogP contribution in [-0.2, 0) is 26.2 Å². The van der Waals surface area contributed by atoms with E-state index in [9.17, 15) is 18.0 Å². The average Bonchev–Trinajstić information content (AvgIpc) is 2.75. The molecule has 1 atom stereocenters. The highest BCUT2D eigenvalue weighted by molar-refractivity contribution is 7.92. The number of benzene rings is 2. The van der Waals surface area contributed by atoms with E-state index in [-0.39, 0.29) is 18.4 Å². The number of carbonyl (C=O) groups is 2. The molecule has 198 valence electrons. The van der Waals surface area contributed by atoms with Crippen LogP contribution >= 0.6 is 23.2 Å². The fraction of sp³-hybridized carbons (Fsp3) is 0.462. The molecule has 2 aromatic rings. The minimum absolute atomic E-state index is 0.0318. The summed E-state index contributed by atoms with van der Waals surface area (Å²) in [6, 6.07) is 11.2. The lowest BCUT2D eigenvalue weighted by Gasteiger charge is -2.33. The minimum Gasteiger partial charge on any atom is -0.350 e. The van der Waals surface area contributed by atoms with Crippen LogP contribution in [0.15, 0.2) is 42.5 Å². The van der Waals surface area contributed by atoms with E-state index in [0.717, 1.165) is 16.1 Å². The smallest absolute Gasteiger partial charge is 0.244 e. The summed E-state index contributed by atoms with van der Waals surface area (Å²) in [7, 11) is -3.82. The van der Waals surface area contributed by atoms with Gasteiger partial charge in [-0.05, 0) is 62.9 Å². The molecule has 0 aliphatic carbocycles. The monoisotopic (exact) mass is 555 g/mol. The molecule has 0 saturated heterocycles. The molecular formula is C26H35Cl2N3O4S. The van der Waals surface area contributed by atoms with Crippen LogP contribution in [-0.4, -0.2) is 49.5 Å². The molecule has 1 N–H and O–H groups in total. The van der Waals surface area contributed by atoms with Gasteiger partial charge in [-0.3, -0.25) is 13.9 Å². The molecule has 0 radical (unpaired) electrons. The first kappa shape index (κ1) is 29.9. The van der Waals surface area contributed by atoms with E-state index in [0.29, 0.717) is 21.3 Å². The number of sulfonamides is 1. The van der Waals surface area contributed by atoms with E-state index in [1.807, 2.05) is 46.8 Å². The first-order valence-electron chi connectivity index (χ1n) is 11.6. The summed E-state index contributed by atoms with van der Waals surface area (Å²) in [5.74, 6) is -0.852. The Bertz CT molecular complexity index is 1210. The number of nitrogens with zero attached hydrogens (tertiary/aromatic N) is 2. The van der Waals surface area contributed by atoms with Crippen molar-refractivity contribution in [2.24, 2.45) is 0 Å². The van der Waals surface area contributed by atoms with E-state index in [1.165, 1.54) is 4.90 Å². The van der Waals surface area contributed by atoms with Crippen LogP contribution in [0.5, 0.6) is 0 Å². The first-order valence-corrected chi connectivity index (χ1v) is 14.2. The minimum atomic E-state index is -3.82. The number of carbonyl (C=O) groups excluding carboxylic acids is 2. The third-order valence-corrected chi connectivity index (χ3v) is 7.37. The van der Waals surface area contributed by atoms with Crippen LogP contribution in [0.3, 0.4) is 0 Å². The molecule has 0 fully saturated rings. The standard InChI is InChI=1S/C26H35Cl2N3O4S/c1-17(2)20-10-8-9-11-23(20)31(36(7,34)35)16-24(32)30(18(3)25(33)29-26(4,5)6)15-19-12-13-21(27)22(28)14-19/h8-14,17-18H,15-16H2,1-7H3,(H,29,33). The molecule has 36 heavy (non-hydrogen) atoms. The maximum Gasteiger partial charge on any atom is 0.244 e. The Morgan fingerprint density at radius 2 is 1.61 bits per heavy atom. The lowest BCUT2D eigenvalue weighted by Crippen LogP contribution is -2.54. The molecule has 0 heterocycles. The Morgan fingerprint density at radius 1 is 1.00 bits per heavy atom. The van der Waals surface area contributed by atoms with E-state index in [1.54, 1.807) is 37.3 Å². The quantitative estimate of drug-likeness (QED) is 0.459. The summed E-state index contributed by atoms with van der Waals surface area (Å²) in [4.78, 5) is 28.1. The van der Waals surface area contributed by atoms with Crippen LogP contribution in [0.25, 0.3) is 0 Å². The summed E-state index contributed by atoms with van der Waals surface area (Å²) < 4.78 is 26.8. The van der Waals surface area contributed by atoms with Crippen LogP contribution in [0.2, 0.25) is 10.0 Å². The number of anilines is 1. The second-order valence-electron chi connectivity index (χ2n) is 10.2. The number of rotatable bonds is 9. The van der Waals surface area contributed by atoms with Gasteiger partial charge < -0.3 is 10.2 Å². The highest BCUT2D eigenvalue weighted by atomic mass is 35.5. The Kier molecular flexibility index (Phi) is 9.84. The normalized spacial score (nSPS) is 12.8. The van der Waals surface area contributed by atoms with Gasteiger partial charge in [0.15, 0.2) is 0 Å². The number of amides is 2. The second-order valence-corrected chi connectivity index (χ2v) is 12.9. The van der Waals surface area contributed by atoms with Gasteiger partial charge in [-0.2, -0.15) is 0 Å². The highest BCUT2D eigenvalue weighted by Gasteiger charge is 2.32. The zero-order valence-corrected chi connectivity index (χ0v) is 24.1. The topological polar surface area (TPSA) is 86.8 Å². The molecule has 0 spiro atoms. The predicted molar refractivity (Wildman–Crippen MR) is 147 cm³/mol. The fourth-order valence-corrected chi connectivity index (χ4v) is 4.88. The van der Waals surface area contributed by atoms with Crippen molar-refractivity contribution in [3.05, 3.63) is 63.6 Å². The second kappa shape index (κ2) is 11.8. The van der Waals surface area contributed by atoms with Crippen molar-refractivity contribution in [2.75, 3.05) is 17.1 Å². The van der Waals surface area contributed by atoms with E-state index >= 15 is 0 Å². The third-order valence-electron chi connectivity index (χ3n) is 5.51. The lowest BCUT2D eigenvalue weighted by atomic mass is 10.0. The molecule has 0 saturated carbocycles.